The molecule has 0 spiro atoms. The minimum Gasteiger partial charge on any atom is -0.316 e. The average Bonchev–Trinajstić information content (AvgIpc) is 2.33. The fourth-order valence-corrected chi connectivity index (χ4v) is 3.28. The van der Waals surface area contributed by atoms with E-state index in [2.05, 4.69) is 26.1 Å². The molecule has 0 atom stereocenters. The first kappa shape index (κ1) is 17.0. The van der Waals surface area contributed by atoms with Gasteiger partial charge in [0.1, 0.15) is 0 Å². The third kappa shape index (κ3) is 7.34. The highest BCUT2D eigenvalue weighted by Gasteiger charge is 2.35. The van der Waals surface area contributed by atoms with E-state index in [1.807, 2.05) is 0 Å². The average molecular weight is 268 g/mol. The van der Waals surface area contributed by atoms with Gasteiger partial charge in [0.2, 0.25) is 0 Å². The zero-order valence-corrected chi connectivity index (χ0v) is 13.8. The highest BCUT2D eigenvalue weighted by molar-refractivity contribution is 4.89. The number of unbranched alkanes of at least 4 members (excludes halogenated alkanes) is 6. The standard InChI is InChI=1S/C18H37N/c1-4-5-6-7-8-9-10-12-18(13-11-14-18)16-19-15-17(2)3/h17,19H,4-16H2,1-3H3. The quantitative estimate of drug-likeness (QED) is 0.458. The molecule has 1 heteroatoms. The summed E-state index contributed by atoms with van der Waals surface area (Å²) >= 11 is 0. The van der Waals surface area contributed by atoms with Gasteiger partial charge in [-0.1, -0.05) is 72.1 Å². The smallest absolute Gasteiger partial charge is 0.000792 e. The minimum atomic E-state index is 0.693. The first-order valence-electron chi connectivity index (χ1n) is 8.89. The van der Waals surface area contributed by atoms with Crippen molar-refractivity contribution in [2.75, 3.05) is 13.1 Å². The molecule has 0 aliphatic heterocycles. The molecule has 114 valence electrons. The number of nitrogens with one attached hydrogen (secondary N) is 1. The first-order chi connectivity index (χ1) is 9.18. The highest BCUT2D eigenvalue weighted by atomic mass is 14.9. The van der Waals surface area contributed by atoms with Crippen molar-refractivity contribution in [2.45, 2.75) is 91.4 Å². The minimum absolute atomic E-state index is 0.693. The van der Waals surface area contributed by atoms with Gasteiger partial charge in [0.25, 0.3) is 0 Å². The predicted octanol–water partition coefficient (Wildman–Crippen LogP) is 5.54. The Labute approximate surface area is 121 Å². The number of hydrogen-bond donors (Lipinski definition) is 1. The van der Waals surface area contributed by atoms with E-state index in [4.69, 9.17) is 0 Å². The summed E-state index contributed by atoms with van der Waals surface area (Å²) in [5.41, 5.74) is 0.693. The van der Waals surface area contributed by atoms with Crippen LogP contribution in [-0.4, -0.2) is 13.1 Å². The molecule has 0 unspecified atom stereocenters. The van der Waals surface area contributed by atoms with Gasteiger partial charge in [0.05, 0.1) is 0 Å². The molecule has 0 amide bonds. The van der Waals surface area contributed by atoms with Gasteiger partial charge in [-0.05, 0) is 37.1 Å². The van der Waals surface area contributed by atoms with Crippen LogP contribution < -0.4 is 5.32 Å². The van der Waals surface area contributed by atoms with Crippen molar-refractivity contribution < 1.29 is 0 Å². The van der Waals surface area contributed by atoms with E-state index < -0.39 is 0 Å². The summed E-state index contributed by atoms with van der Waals surface area (Å²) in [6, 6.07) is 0. The van der Waals surface area contributed by atoms with E-state index in [1.165, 1.54) is 83.7 Å². The molecule has 0 aromatic rings. The van der Waals surface area contributed by atoms with Crippen LogP contribution in [0.25, 0.3) is 0 Å². The molecule has 1 aliphatic rings. The Morgan fingerprint density at radius 1 is 0.947 bits per heavy atom. The molecule has 1 saturated carbocycles. The lowest BCUT2D eigenvalue weighted by Crippen LogP contribution is -2.41. The third-order valence-corrected chi connectivity index (χ3v) is 4.78. The summed E-state index contributed by atoms with van der Waals surface area (Å²) in [6.45, 7) is 9.37. The molecular formula is C18H37N. The van der Waals surface area contributed by atoms with Crippen LogP contribution >= 0.6 is 0 Å². The summed E-state index contributed by atoms with van der Waals surface area (Å²) in [5, 5.41) is 3.70. The van der Waals surface area contributed by atoms with Crippen molar-refractivity contribution in [1.29, 1.82) is 0 Å². The number of hydrogen-bond acceptors (Lipinski definition) is 1. The molecule has 0 radical (unpaired) electrons. The molecule has 0 aromatic heterocycles. The molecule has 0 aromatic carbocycles. The number of rotatable bonds is 12. The fourth-order valence-electron chi connectivity index (χ4n) is 3.28. The molecule has 0 bridgehead atoms. The second kappa shape index (κ2) is 9.80. The van der Waals surface area contributed by atoms with Gasteiger partial charge < -0.3 is 5.32 Å². The lowest BCUT2D eigenvalue weighted by molar-refractivity contribution is 0.111. The van der Waals surface area contributed by atoms with Crippen LogP contribution in [0.2, 0.25) is 0 Å². The second-order valence-corrected chi connectivity index (χ2v) is 7.25. The maximum Gasteiger partial charge on any atom is 0.000792 e. The molecule has 1 N–H and O–H groups in total. The van der Waals surface area contributed by atoms with E-state index in [0.717, 1.165) is 5.92 Å². The SMILES string of the molecule is CCCCCCCCCC1(CNCC(C)C)CCC1. The van der Waals surface area contributed by atoms with Crippen molar-refractivity contribution in [3.63, 3.8) is 0 Å². The first-order valence-corrected chi connectivity index (χ1v) is 8.89. The van der Waals surface area contributed by atoms with Gasteiger partial charge in [-0.2, -0.15) is 0 Å². The van der Waals surface area contributed by atoms with Gasteiger partial charge in [-0.15, -0.1) is 0 Å². The summed E-state index contributed by atoms with van der Waals surface area (Å²) in [7, 11) is 0. The van der Waals surface area contributed by atoms with Crippen molar-refractivity contribution in [1.82, 2.24) is 5.32 Å². The lowest BCUT2D eigenvalue weighted by Gasteiger charge is -2.42. The maximum atomic E-state index is 3.70. The van der Waals surface area contributed by atoms with Crippen LogP contribution in [0.1, 0.15) is 91.4 Å². The molecular weight excluding hydrogens is 230 g/mol. The summed E-state index contributed by atoms with van der Waals surface area (Å²) < 4.78 is 0. The normalized spacial score (nSPS) is 17.7. The van der Waals surface area contributed by atoms with E-state index in [0.29, 0.717) is 5.41 Å². The highest BCUT2D eigenvalue weighted by Crippen LogP contribution is 2.44. The van der Waals surface area contributed by atoms with E-state index in [1.54, 1.807) is 0 Å². The van der Waals surface area contributed by atoms with Crippen LogP contribution in [0.15, 0.2) is 0 Å². The lowest BCUT2D eigenvalue weighted by atomic mass is 9.65. The Bertz CT molecular complexity index is 206. The summed E-state index contributed by atoms with van der Waals surface area (Å²) in [6.07, 6.45) is 16.0. The Hall–Kier alpha value is -0.0400. The second-order valence-electron chi connectivity index (χ2n) is 7.25. The molecule has 0 heterocycles. The predicted molar refractivity (Wildman–Crippen MR) is 86.6 cm³/mol. The Balaban J connectivity index is 2.01. The van der Waals surface area contributed by atoms with Crippen LogP contribution in [0.3, 0.4) is 0 Å². The van der Waals surface area contributed by atoms with Gasteiger partial charge in [0, 0.05) is 6.54 Å². The molecule has 1 aliphatic carbocycles. The van der Waals surface area contributed by atoms with Crippen LogP contribution in [0.4, 0.5) is 0 Å². The molecule has 1 rings (SSSR count). The fraction of sp³-hybridized carbons (Fsp3) is 1.00. The third-order valence-electron chi connectivity index (χ3n) is 4.78. The van der Waals surface area contributed by atoms with Gasteiger partial charge in [-0.25, -0.2) is 0 Å². The Morgan fingerprint density at radius 2 is 1.58 bits per heavy atom. The molecule has 1 nitrogen and oxygen atoms in total. The topological polar surface area (TPSA) is 12.0 Å². The van der Waals surface area contributed by atoms with Crippen molar-refractivity contribution in [2.24, 2.45) is 11.3 Å². The van der Waals surface area contributed by atoms with Crippen molar-refractivity contribution in [3.8, 4) is 0 Å². The summed E-state index contributed by atoms with van der Waals surface area (Å²) in [5.74, 6) is 0.788. The molecule has 19 heavy (non-hydrogen) atoms. The van der Waals surface area contributed by atoms with Crippen LogP contribution in [0.5, 0.6) is 0 Å². The van der Waals surface area contributed by atoms with E-state index >= 15 is 0 Å². The van der Waals surface area contributed by atoms with E-state index in [-0.39, 0.29) is 0 Å². The van der Waals surface area contributed by atoms with Crippen LogP contribution in [-0.2, 0) is 0 Å². The Morgan fingerprint density at radius 3 is 2.11 bits per heavy atom. The van der Waals surface area contributed by atoms with Gasteiger partial charge >= 0.3 is 0 Å². The largest absolute Gasteiger partial charge is 0.316 e. The maximum absolute atomic E-state index is 3.70. The summed E-state index contributed by atoms with van der Waals surface area (Å²) in [4.78, 5) is 0. The molecule has 1 fully saturated rings. The van der Waals surface area contributed by atoms with Crippen molar-refractivity contribution >= 4 is 0 Å². The molecule has 0 saturated heterocycles. The Kier molecular flexibility index (Phi) is 8.77. The van der Waals surface area contributed by atoms with E-state index in [9.17, 15) is 0 Å². The van der Waals surface area contributed by atoms with Gasteiger partial charge in [0.15, 0.2) is 0 Å². The van der Waals surface area contributed by atoms with Gasteiger partial charge in [-0.3, -0.25) is 0 Å². The zero-order valence-electron chi connectivity index (χ0n) is 13.8. The zero-order chi connectivity index (χ0) is 14.0. The van der Waals surface area contributed by atoms with Crippen molar-refractivity contribution in [3.05, 3.63) is 0 Å². The monoisotopic (exact) mass is 267 g/mol. The van der Waals surface area contributed by atoms with Crippen LogP contribution in [0, 0.1) is 11.3 Å².